The Morgan fingerprint density at radius 2 is 1.95 bits per heavy atom. The van der Waals surface area contributed by atoms with Crippen molar-refractivity contribution in [3.63, 3.8) is 0 Å². The number of benzene rings is 1. The molecule has 20 heavy (non-hydrogen) atoms. The molecule has 1 rings (SSSR count). The summed E-state index contributed by atoms with van der Waals surface area (Å²) >= 11 is 0. The normalized spacial score (nSPS) is 13.9. The number of nitrogens with zero attached hydrogens (tertiary/aromatic N) is 3. The lowest BCUT2D eigenvalue weighted by atomic mass is 10.0. The highest BCUT2D eigenvalue weighted by atomic mass is 16.3. The van der Waals surface area contributed by atoms with E-state index in [0.29, 0.717) is 11.6 Å². The maximum atomic E-state index is 9.96. The third-order valence-electron chi connectivity index (χ3n) is 3.42. The minimum atomic E-state index is -0.543. The van der Waals surface area contributed by atoms with Gasteiger partial charge in [-0.25, -0.2) is 0 Å². The van der Waals surface area contributed by atoms with Gasteiger partial charge in [0.1, 0.15) is 0 Å². The zero-order valence-electron chi connectivity index (χ0n) is 13.1. The molecule has 0 aliphatic heterocycles. The van der Waals surface area contributed by atoms with Crippen LogP contribution in [0, 0.1) is 11.3 Å². The fourth-order valence-electron chi connectivity index (χ4n) is 2.56. The van der Waals surface area contributed by atoms with E-state index < -0.39 is 6.10 Å². The Morgan fingerprint density at radius 3 is 2.40 bits per heavy atom. The Balaban J connectivity index is 3.21. The highest BCUT2D eigenvalue weighted by molar-refractivity contribution is 5.59. The highest BCUT2D eigenvalue weighted by Crippen LogP contribution is 2.29. The number of aliphatic hydroxyl groups is 1. The summed E-state index contributed by atoms with van der Waals surface area (Å²) < 4.78 is 0. The van der Waals surface area contributed by atoms with Crippen LogP contribution in [0.15, 0.2) is 18.2 Å². The van der Waals surface area contributed by atoms with Gasteiger partial charge in [-0.3, -0.25) is 0 Å². The Kier molecular flexibility index (Phi) is 6.00. The molecule has 0 heterocycles. The van der Waals surface area contributed by atoms with Gasteiger partial charge in [-0.1, -0.05) is 6.07 Å². The molecule has 0 saturated carbocycles. The molecule has 1 N–H and O–H groups in total. The van der Waals surface area contributed by atoms with Crippen molar-refractivity contribution < 1.29 is 5.11 Å². The van der Waals surface area contributed by atoms with Gasteiger partial charge in [-0.15, -0.1) is 0 Å². The second kappa shape index (κ2) is 7.28. The van der Waals surface area contributed by atoms with Gasteiger partial charge in [0.15, 0.2) is 0 Å². The molecule has 0 aliphatic carbocycles. The summed E-state index contributed by atoms with van der Waals surface area (Å²) in [6.07, 6.45) is -0.543. The SMILES string of the molecule is CCN(c1cc(C#N)ccc1[C@@H](C)O)C(C)CN(C)C. The smallest absolute Gasteiger partial charge is 0.0992 e. The molecular formula is C16H25N3O. The number of hydrogen-bond acceptors (Lipinski definition) is 4. The zero-order chi connectivity index (χ0) is 15.3. The predicted molar refractivity (Wildman–Crippen MR) is 82.8 cm³/mol. The van der Waals surface area contributed by atoms with Gasteiger partial charge < -0.3 is 14.9 Å². The second-order valence-electron chi connectivity index (χ2n) is 5.46. The number of likely N-dealkylation sites (N-methyl/N-ethyl adjacent to an activating group) is 2. The summed E-state index contributed by atoms with van der Waals surface area (Å²) in [7, 11) is 4.09. The first-order valence-electron chi connectivity index (χ1n) is 7.04. The lowest BCUT2D eigenvalue weighted by Gasteiger charge is -2.34. The molecule has 4 nitrogen and oxygen atoms in total. The molecule has 110 valence electrons. The van der Waals surface area contributed by atoms with E-state index in [1.54, 1.807) is 13.0 Å². The standard InChI is InChI=1S/C16H25N3O/c1-6-19(12(2)11-18(4)5)16-9-14(10-17)7-8-15(16)13(3)20/h7-9,12-13,20H,6,11H2,1-5H3/t12?,13-/m1/s1. The molecule has 4 heteroatoms. The van der Waals surface area contributed by atoms with E-state index in [1.807, 2.05) is 26.2 Å². The van der Waals surface area contributed by atoms with Crippen LogP contribution in [0.3, 0.4) is 0 Å². The van der Waals surface area contributed by atoms with Crippen LogP contribution in [0.5, 0.6) is 0 Å². The van der Waals surface area contributed by atoms with E-state index in [4.69, 9.17) is 5.26 Å². The van der Waals surface area contributed by atoms with Gasteiger partial charge in [0.05, 0.1) is 17.7 Å². The van der Waals surface area contributed by atoms with Crippen LogP contribution in [0.1, 0.15) is 38.0 Å². The minimum Gasteiger partial charge on any atom is -0.389 e. The number of hydrogen-bond donors (Lipinski definition) is 1. The van der Waals surface area contributed by atoms with E-state index in [1.165, 1.54) is 0 Å². The number of nitriles is 1. The lowest BCUT2D eigenvalue weighted by molar-refractivity contribution is 0.199. The average Bonchev–Trinajstić information content (AvgIpc) is 2.38. The molecule has 0 fully saturated rings. The molecule has 0 radical (unpaired) electrons. The van der Waals surface area contributed by atoms with Crippen LogP contribution in [-0.2, 0) is 0 Å². The van der Waals surface area contributed by atoms with Gasteiger partial charge in [0.25, 0.3) is 0 Å². The van der Waals surface area contributed by atoms with Gasteiger partial charge in [-0.2, -0.15) is 5.26 Å². The maximum Gasteiger partial charge on any atom is 0.0992 e. The summed E-state index contributed by atoms with van der Waals surface area (Å²) in [6.45, 7) is 7.77. The molecule has 1 aromatic carbocycles. The average molecular weight is 275 g/mol. The van der Waals surface area contributed by atoms with Crippen LogP contribution < -0.4 is 4.90 Å². The van der Waals surface area contributed by atoms with Gasteiger partial charge in [0, 0.05) is 30.4 Å². The lowest BCUT2D eigenvalue weighted by Crippen LogP contribution is -2.40. The van der Waals surface area contributed by atoms with Gasteiger partial charge in [0.2, 0.25) is 0 Å². The van der Waals surface area contributed by atoms with Crippen molar-refractivity contribution in [1.29, 1.82) is 5.26 Å². The summed E-state index contributed by atoms with van der Waals surface area (Å²) in [5.41, 5.74) is 2.45. The van der Waals surface area contributed by atoms with E-state index in [9.17, 15) is 5.11 Å². The topological polar surface area (TPSA) is 50.5 Å². The number of rotatable bonds is 6. The van der Waals surface area contributed by atoms with Gasteiger partial charge >= 0.3 is 0 Å². The van der Waals surface area contributed by atoms with Crippen molar-refractivity contribution in [3.05, 3.63) is 29.3 Å². The van der Waals surface area contributed by atoms with Crippen molar-refractivity contribution >= 4 is 5.69 Å². The van der Waals surface area contributed by atoms with Crippen molar-refractivity contribution in [2.45, 2.75) is 32.9 Å². The number of anilines is 1. The molecule has 0 aliphatic rings. The molecule has 1 aromatic rings. The van der Waals surface area contributed by atoms with Crippen molar-refractivity contribution in [2.24, 2.45) is 0 Å². The largest absolute Gasteiger partial charge is 0.389 e. The first kappa shape index (κ1) is 16.5. The highest BCUT2D eigenvalue weighted by Gasteiger charge is 2.19. The Hall–Kier alpha value is -1.57. The summed E-state index contributed by atoms with van der Waals surface area (Å²) in [5, 5.41) is 19.0. The first-order chi connectivity index (χ1) is 9.40. The third-order valence-corrected chi connectivity index (χ3v) is 3.42. The van der Waals surface area contributed by atoms with Crippen molar-refractivity contribution in [2.75, 3.05) is 32.1 Å². The number of aliphatic hydroxyl groups excluding tert-OH is 1. The summed E-state index contributed by atoms with van der Waals surface area (Å²) in [6, 6.07) is 7.96. The van der Waals surface area contributed by atoms with Crippen LogP contribution >= 0.6 is 0 Å². The Bertz CT molecular complexity index is 477. The van der Waals surface area contributed by atoms with Crippen molar-refractivity contribution in [3.8, 4) is 6.07 Å². The van der Waals surface area contributed by atoms with Crippen LogP contribution in [0.25, 0.3) is 0 Å². The summed E-state index contributed by atoms with van der Waals surface area (Å²) in [5.74, 6) is 0. The first-order valence-corrected chi connectivity index (χ1v) is 7.04. The molecular weight excluding hydrogens is 250 g/mol. The second-order valence-corrected chi connectivity index (χ2v) is 5.46. The fraction of sp³-hybridized carbons (Fsp3) is 0.562. The monoisotopic (exact) mass is 275 g/mol. The van der Waals surface area contributed by atoms with E-state index in [-0.39, 0.29) is 0 Å². The summed E-state index contributed by atoms with van der Waals surface area (Å²) in [4.78, 5) is 4.38. The maximum absolute atomic E-state index is 9.96. The molecule has 0 bridgehead atoms. The fourth-order valence-corrected chi connectivity index (χ4v) is 2.56. The molecule has 1 unspecified atom stereocenters. The molecule has 0 spiro atoms. The van der Waals surface area contributed by atoms with Crippen LogP contribution in [0.2, 0.25) is 0 Å². The Morgan fingerprint density at radius 1 is 1.30 bits per heavy atom. The molecule has 0 aromatic heterocycles. The van der Waals surface area contributed by atoms with Crippen molar-refractivity contribution in [1.82, 2.24) is 4.90 Å². The quantitative estimate of drug-likeness (QED) is 0.866. The third kappa shape index (κ3) is 3.96. The van der Waals surface area contributed by atoms with Crippen LogP contribution in [0.4, 0.5) is 5.69 Å². The minimum absolute atomic E-state index is 0.307. The molecule has 0 amide bonds. The van der Waals surface area contributed by atoms with Gasteiger partial charge in [-0.05, 0) is 47.0 Å². The van der Waals surface area contributed by atoms with E-state index in [0.717, 1.165) is 24.3 Å². The Labute approximate surface area is 122 Å². The predicted octanol–water partition coefficient (Wildman–Crippen LogP) is 2.39. The molecule has 2 atom stereocenters. The van der Waals surface area contributed by atoms with E-state index in [2.05, 4.69) is 29.7 Å². The van der Waals surface area contributed by atoms with E-state index >= 15 is 0 Å². The molecule has 0 saturated heterocycles. The van der Waals surface area contributed by atoms with Crippen LogP contribution in [-0.4, -0.2) is 43.2 Å². The zero-order valence-corrected chi connectivity index (χ0v) is 13.1.